The summed E-state index contributed by atoms with van der Waals surface area (Å²) in [4.78, 5) is 24.6. The van der Waals surface area contributed by atoms with Crippen molar-refractivity contribution in [2.75, 3.05) is 0 Å². The van der Waals surface area contributed by atoms with Crippen LogP contribution in [0.1, 0.15) is 66.2 Å². The van der Waals surface area contributed by atoms with Crippen LogP contribution in [-0.4, -0.2) is 18.0 Å². The number of hydrogen-bond donors (Lipinski definition) is 0. The van der Waals surface area contributed by atoms with E-state index >= 15 is 0 Å². The van der Waals surface area contributed by atoms with Crippen molar-refractivity contribution >= 4 is 11.9 Å². The van der Waals surface area contributed by atoms with Crippen molar-refractivity contribution in [2.45, 2.75) is 72.3 Å². The molecule has 2 bridgehead atoms. The molecule has 1 saturated carbocycles. The van der Waals surface area contributed by atoms with Crippen molar-refractivity contribution in [3.63, 3.8) is 0 Å². The van der Waals surface area contributed by atoms with Gasteiger partial charge in [0.15, 0.2) is 5.92 Å². The highest BCUT2D eigenvalue weighted by molar-refractivity contribution is 5.96. The molecule has 1 heterocycles. The molecule has 130 valence electrons. The third kappa shape index (κ3) is 4.15. The molecule has 4 unspecified atom stereocenters. The average molecular weight is 322 g/mol. The van der Waals surface area contributed by atoms with Crippen molar-refractivity contribution in [2.24, 2.45) is 23.7 Å². The van der Waals surface area contributed by atoms with Crippen molar-refractivity contribution in [1.29, 1.82) is 0 Å². The number of carbonyl (C=O) groups excluding carboxylic acids is 2. The highest BCUT2D eigenvalue weighted by atomic mass is 16.6. The smallest absolute Gasteiger partial charge is 0.325 e. The fourth-order valence-electron chi connectivity index (χ4n) is 3.77. The van der Waals surface area contributed by atoms with Crippen LogP contribution in [-0.2, 0) is 19.1 Å². The predicted molar refractivity (Wildman–Crippen MR) is 88.4 cm³/mol. The second-order valence-corrected chi connectivity index (χ2v) is 7.03. The van der Waals surface area contributed by atoms with Crippen LogP contribution >= 0.6 is 0 Å². The molecule has 4 atom stereocenters. The Bertz CT molecular complexity index is 462. The van der Waals surface area contributed by atoms with Gasteiger partial charge in [-0.25, -0.2) is 0 Å². The maximum atomic E-state index is 12.5. The number of rotatable bonds is 7. The molecule has 2 fully saturated rings. The van der Waals surface area contributed by atoms with E-state index in [1.807, 2.05) is 13.0 Å². The van der Waals surface area contributed by atoms with Crippen LogP contribution in [0, 0.1) is 23.7 Å². The van der Waals surface area contributed by atoms with E-state index in [1.54, 1.807) is 0 Å². The van der Waals surface area contributed by atoms with Gasteiger partial charge in [0.25, 0.3) is 0 Å². The minimum absolute atomic E-state index is 0.00685. The second-order valence-electron chi connectivity index (χ2n) is 7.03. The molecule has 0 aromatic heterocycles. The Balaban J connectivity index is 1.99. The Kier molecular flexibility index (Phi) is 6.25. The molecule has 0 N–H and O–H groups in total. The fourth-order valence-corrected chi connectivity index (χ4v) is 3.77. The van der Waals surface area contributed by atoms with Crippen molar-refractivity contribution in [3.8, 4) is 0 Å². The molecule has 23 heavy (non-hydrogen) atoms. The van der Waals surface area contributed by atoms with E-state index in [0.717, 1.165) is 32.1 Å². The molecule has 0 radical (unpaired) electrons. The first kappa shape index (κ1) is 18.0. The van der Waals surface area contributed by atoms with Crippen LogP contribution < -0.4 is 0 Å². The number of esters is 2. The molecule has 4 heteroatoms. The van der Waals surface area contributed by atoms with Gasteiger partial charge in [-0.05, 0) is 43.1 Å². The Hall–Kier alpha value is -1.32. The predicted octanol–water partition coefficient (Wildman–Crippen LogP) is 4.24. The van der Waals surface area contributed by atoms with E-state index in [-0.39, 0.29) is 12.0 Å². The minimum Gasteiger partial charge on any atom is -0.461 e. The average Bonchev–Trinajstić information content (AvgIpc) is 2.82. The molecule has 1 aliphatic heterocycles. The summed E-state index contributed by atoms with van der Waals surface area (Å²) in [6, 6.07) is 0. The van der Waals surface area contributed by atoms with Crippen LogP contribution in [0.2, 0.25) is 0 Å². The normalized spacial score (nSPS) is 30.5. The molecule has 4 nitrogen and oxygen atoms in total. The van der Waals surface area contributed by atoms with E-state index in [0.29, 0.717) is 24.0 Å². The molecule has 2 aliphatic rings. The fraction of sp³-hybridized carbons (Fsp3) is 0.789. The summed E-state index contributed by atoms with van der Waals surface area (Å²) in [6.07, 6.45) is 7.50. The van der Waals surface area contributed by atoms with Crippen molar-refractivity contribution in [1.82, 2.24) is 0 Å². The van der Waals surface area contributed by atoms with Gasteiger partial charge in [-0.15, -0.1) is 0 Å². The Labute approximate surface area is 139 Å². The quantitative estimate of drug-likeness (QED) is 0.400. The van der Waals surface area contributed by atoms with E-state index in [1.165, 1.54) is 0 Å². The minimum atomic E-state index is -0.737. The number of hydrogen-bond acceptors (Lipinski definition) is 4. The summed E-state index contributed by atoms with van der Waals surface area (Å²) >= 11 is 0. The van der Waals surface area contributed by atoms with Crippen LogP contribution in [0.5, 0.6) is 0 Å². The molecular weight excluding hydrogens is 292 g/mol. The highest BCUT2D eigenvalue weighted by Gasteiger charge is 2.50. The molecule has 1 saturated heterocycles. The van der Waals surface area contributed by atoms with E-state index in [9.17, 15) is 9.59 Å². The Morgan fingerprint density at radius 2 is 2.00 bits per heavy atom. The number of allylic oxidation sites excluding steroid dienone is 2. The first-order chi connectivity index (χ1) is 11.0. The van der Waals surface area contributed by atoms with Crippen molar-refractivity contribution < 1.29 is 19.1 Å². The van der Waals surface area contributed by atoms with E-state index in [2.05, 4.69) is 20.8 Å². The van der Waals surface area contributed by atoms with Gasteiger partial charge in [0.05, 0.1) is 0 Å². The Morgan fingerprint density at radius 1 is 1.30 bits per heavy atom. The number of carbonyl (C=O) groups is 2. The molecule has 0 amide bonds. The Morgan fingerprint density at radius 3 is 2.61 bits per heavy atom. The molecular formula is C19H30O4. The zero-order valence-corrected chi connectivity index (χ0v) is 14.8. The van der Waals surface area contributed by atoms with Crippen LogP contribution in [0.25, 0.3) is 0 Å². The third-order valence-electron chi connectivity index (χ3n) is 5.50. The summed E-state index contributed by atoms with van der Waals surface area (Å²) < 4.78 is 11.0. The number of ether oxygens (including phenoxy) is 2. The summed E-state index contributed by atoms with van der Waals surface area (Å²) in [6.45, 7) is 8.41. The lowest BCUT2D eigenvalue weighted by atomic mass is 9.89. The van der Waals surface area contributed by atoms with Gasteiger partial charge in [0.2, 0.25) is 0 Å². The van der Waals surface area contributed by atoms with Crippen LogP contribution in [0.15, 0.2) is 11.8 Å². The standard InChI is InChI=1S/C19H30O4/c1-5-13(6-2)8-9-15(7-3)22-18(20)17-14-10-12(4)16(11-14)23-19(17)21/h9,12-14,16-17H,5-8,10-11H2,1-4H3/b15-9-. The van der Waals surface area contributed by atoms with E-state index in [4.69, 9.17) is 9.47 Å². The summed E-state index contributed by atoms with van der Waals surface area (Å²) in [5, 5.41) is 0. The number of fused-ring (bicyclic) bond motifs is 2. The third-order valence-corrected chi connectivity index (χ3v) is 5.50. The topological polar surface area (TPSA) is 52.6 Å². The maximum absolute atomic E-state index is 12.5. The molecule has 0 aromatic rings. The summed E-state index contributed by atoms with van der Waals surface area (Å²) in [5.41, 5.74) is 0. The van der Waals surface area contributed by atoms with Gasteiger partial charge in [-0.1, -0.05) is 40.5 Å². The van der Waals surface area contributed by atoms with Crippen LogP contribution in [0.3, 0.4) is 0 Å². The van der Waals surface area contributed by atoms with E-state index < -0.39 is 17.9 Å². The zero-order chi connectivity index (χ0) is 17.0. The van der Waals surface area contributed by atoms with Gasteiger partial charge in [-0.2, -0.15) is 0 Å². The lowest BCUT2D eigenvalue weighted by molar-refractivity contribution is -0.170. The monoisotopic (exact) mass is 322 g/mol. The van der Waals surface area contributed by atoms with Crippen molar-refractivity contribution in [3.05, 3.63) is 11.8 Å². The zero-order valence-electron chi connectivity index (χ0n) is 14.8. The van der Waals surface area contributed by atoms with Gasteiger partial charge >= 0.3 is 11.9 Å². The highest BCUT2D eigenvalue weighted by Crippen LogP contribution is 2.43. The first-order valence-corrected chi connectivity index (χ1v) is 9.11. The summed E-state index contributed by atoms with van der Waals surface area (Å²) in [5.74, 6) is 0.174. The van der Waals surface area contributed by atoms with Gasteiger partial charge in [0, 0.05) is 6.42 Å². The second kappa shape index (κ2) is 7.98. The van der Waals surface area contributed by atoms with Gasteiger partial charge < -0.3 is 9.47 Å². The molecule has 0 spiro atoms. The SMILES string of the molecule is CC/C(=C/CC(CC)CC)OC(=O)C1C(=O)OC2CC1CC2C. The van der Waals surface area contributed by atoms with Gasteiger partial charge in [-0.3, -0.25) is 9.59 Å². The summed E-state index contributed by atoms with van der Waals surface area (Å²) in [7, 11) is 0. The molecule has 1 aliphatic carbocycles. The molecule has 2 rings (SSSR count). The van der Waals surface area contributed by atoms with Crippen LogP contribution in [0.4, 0.5) is 0 Å². The lowest BCUT2D eigenvalue weighted by Crippen LogP contribution is -2.38. The maximum Gasteiger partial charge on any atom is 0.325 e. The van der Waals surface area contributed by atoms with Gasteiger partial charge in [0.1, 0.15) is 11.9 Å². The molecule has 0 aromatic carbocycles. The lowest BCUT2D eigenvalue weighted by Gasteiger charge is -2.26. The first-order valence-electron chi connectivity index (χ1n) is 9.11. The largest absolute Gasteiger partial charge is 0.461 e.